The first-order valence-corrected chi connectivity index (χ1v) is 14.4. The van der Waals surface area contributed by atoms with E-state index in [9.17, 15) is 9.90 Å². The smallest absolute Gasteiger partial charge is 0.309 e. The van der Waals surface area contributed by atoms with Crippen molar-refractivity contribution < 1.29 is 19.5 Å². The van der Waals surface area contributed by atoms with Gasteiger partial charge >= 0.3 is 5.97 Å². The number of hydrogen-bond donors (Lipinski definition) is 1. The maximum Gasteiger partial charge on any atom is 0.309 e. The molecule has 202 valence electrons. The molecule has 4 aliphatic heterocycles. The van der Waals surface area contributed by atoms with E-state index in [-0.39, 0.29) is 5.60 Å². The Morgan fingerprint density at radius 3 is 2.49 bits per heavy atom. The van der Waals surface area contributed by atoms with Gasteiger partial charge in [0.15, 0.2) is 5.60 Å². The first-order valence-electron chi connectivity index (χ1n) is 14.4. The molecule has 6 rings (SSSR count). The van der Waals surface area contributed by atoms with Crippen LogP contribution in [0.5, 0.6) is 5.75 Å². The van der Waals surface area contributed by atoms with Crippen LogP contribution < -0.4 is 9.64 Å². The number of piperidine rings is 2. The summed E-state index contributed by atoms with van der Waals surface area (Å²) in [6, 6.07) is 4.74. The Morgan fingerprint density at radius 1 is 1.11 bits per heavy atom. The minimum absolute atomic E-state index is 0.224. The monoisotopic (exact) mass is 510 g/mol. The van der Waals surface area contributed by atoms with Crippen LogP contribution in [0.25, 0.3) is 0 Å². The summed E-state index contributed by atoms with van der Waals surface area (Å²) in [5, 5.41) is 14.0. The molecule has 0 bridgehead atoms. The molecule has 1 N–H and O–H groups in total. The number of aliphatic carboxylic acids is 1. The van der Waals surface area contributed by atoms with Crippen molar-refractivity contribution in [1.29, 1.82) is 0 Å². The Balaban J connectivity index is 1.09. The van der Waals surface area contributed by atoms with E-state index in [4.69, 9.17) is 9.57 Å². The Bertz CT molecular complexity index is 1050. The molecule has 4 heterocycles. The van der Waals surface area contributed by atoms with Gasteiger partial charge in [0.25, 0.3) is 0 Å². The van der Waals surface area contributed by atoms with Gasteiger partial charge in [-0.1, -0.05) is 11.2 Å². The minimum atomic E-state index is -0.691. The standard InChI is InChI=1S/C29H42N4O4/c1-3-36-24-16-21(15-23(22-7-8-22)26(24)33-11-5-4-6-12-33)18-31-19-29(20-31)17-25(30-37-29)32-13-9-28(2,10-14-32)27(34)35/h15-16,22H,3-14,17-20H2,1-2H3,(H,34,35). The molecule has 8 nitrogen and oxygen atoms in total. The molecule has 0 atom stereocenters. The van der Waals surface area contributed by atoms with Crippen molar-refractivity contribution in [3.63, 3.8) is 0 Å². The predicted octanol–water partition coefficient (Wildman–Crippen LogP) is 4.43. The van der Waals surface area contributed by atoms with Crippen molar-refractivity contribution in [2.24, 2.45) is 10.6 Å². The van der Waals surface area contributed by atoms with Crippen LogP contribution in [0.4, 0.5) is 5.69 Å². The first kappa shape index (κ1) is 24.8. The van der Waals surface area contributed by atoms with E-state index in [1.54, 1.807) is 0 Å². The lowest BCUT2D eigenvalue weighted by atomic mass is 9.80. The Morgan fingerprint density at radius 2 is 1.84 bits per heavy atom. The second-order valence-electron chi connectivity index (χ2n) is 12.2. The number of carbonyl (C=O) groups is 1. The summed E-state index contributed by atoms with van der Waals surface area (Å²) in [4.78, 5) is 24.8. The molecule has 1 aliphatic carbocycles. The molecular formula is C29H42N4O4. The Labute approximate surface area is 220 Å². The van der Waals surface area contributed by atoms with Crippen molar-refractivity contribution in [3.05, 3.63) is 23.3 Å². The molecule has 0 amide bonds. The molecule has 1 spiro atoms. The van der Waals surface area contributed by atoms with Gasteiger partial charge in [0.1, 0.15) is 11.6 Å². The molecule has 5 aliphatic rings. The van der Waals surface area contributed by atoms with Crippen LogP contribution in [0.1, 0.15) is 82.3 Å². The van der Waals surface area contributed by atoms with Gasteiger partial charge in [-0.05, 0) is 81.9 Å². The number of hydrogen-bond acceptors (Lipinski definition) is 7. The van der Waals surface area contributed by atoms with Crippen LogP contribution in [0.15, 0.2) is 17.3 Å². The van der Waals surface area contributed by atoms with Gasteiger partial charge in [-0.15, -0.1) is 0 Å². The highest BCUT2D eigenvalue weighted by Gasteiger charge is 2.51. The Hall–Kier alpha value is -2.48. The maximum atomic E-state index is 11.6. The summed E-state index contributed by atoms with van der Waals surface area (Å²) >= 11 is 0. The molecule has 0 aromatic heterocycles. The number of anilines is 1. The number of likely N-dealkylation sites (tertiary alicyclic amines) is 2. The highest BCUT2D eigenvalue weighted by atomic mass is 16.7. The summed E-state index contributed by atoms with van der Waals surface area (Å²) in [7, 11) is 0. The van der Waals surface area contributed by atoms with E-state index in [2.05, 4.69) is 38.9 Å². The topological polar surface area (TPSA) is 77.8 Å². The average Bonchev–Trinajstić information content (AvgIpc) is 3.63. The largest absolute Gasteiger partial charge is 0.492 e. The van der Waals surface area contributed by atoms with Gasteiger partial charge < -0.3 is 24.5 Å². The molecule has 1 aromatic rings. The molecule has 0 radical (unpaired) electrons. The zero-order valence-corrected chi connectivity index (χ0v) is 22.5. The average molecular weight is 511 g/mol. The second-order valence-corrected chi connectivity index (χ2v) is 12.2. The van der Waals surface area contributed by atoms with E-state index in [1.807, 2.05) is 6.92 Å². The minimum Gasteiger partial charge on any atom is -0.492 e. The van der Waals surface area contributed by atoms with Crippen LogP contribution in [0.2, 0.25) is 0 Å². The predicted molar refractivity (Wildman–Crippen MR) is 143 cm³/mol. The van der Waals surface area contributed by atoms with Crippen LogP contribution >= 0.6 is 0 Å². The SMILES string of the molecule is CCOc1cc(CN2CC3(CC(N4CCC(C)(C(=O)O)CC4)=NO3)C2)cc(C2CC2)c1N1CCCCC1. The van der Waals surface area contributed by atoms with E-state index in [1.165, 1.54) is 48.9 Å². The number of benzene rings is 1. The summed E-state index contributed by atoms with van der Waals surface area (Å²) in [5.74, 6) is 2.05. The number of carboxylic acids is 1. The molecule has 4 fully saturated rings. The molecule has 1 saturated carbocycles. The van der Waals surface area contributed by atoms with Crippen molar-refractivity contribution >= 4 is 17.5 Å². The molecule has 8 heteroatoms. The molecule has 37 heavy (non-hydrogen) atoms. The van der Waals surface area contributed by atoms with Crippen molar-refractivity contribution in [2.75, 3.05) is 50.8 Å². The third-order valence-electron chi connectivity index (χ3n) is 9.16. The van der Waals surface area contributed by atoms with Crippen molar-refractivity contribution in [3.8, 4) is 5.75 Å². The lowest BCUT2D eigenvalue weighted by Crippen LogP contribution is -2.61. The fourth-order valence-electron chi connectivity index (χ4n) is 6.66. The zero-order chi connectivity index (χ0) is 25.6. The molecule has 0 unspecified atom stereocenters. The van der Waals surface area contributed by atoms with Crippen molar-refractivity contribution in [1.82, 2.24) is 9.80 Å². The van der Waals surface area contributed by atoms with Crippen molar-refractivity contribution in [2.45, 2.75) is 83.3 Å². The van der Waals surface area contributed by atoms with Crippen LogP contribution in [0, 0.1) is 5.41 Å². The second kappa shape index (κ2) is 9.68. The highest BCUT2D eigenvalue weighted by molar-refractivity contribution is 5.85. The van der Waals surface area contributed by atoms with Gasteiger partial charge in [0.2, 0.25) is 0 Å². The van der Waals surface area contributed by atoms with E-state index in [0.29, 0.717) is 25.4 Å². The van der Waals surface area contributed by atoms with E-state index >= 15 is 0 Å². The van der Waals surface area contributed by atoms with Gasteiger partial charge in [-0.2, -0.15) is 0 Å². The lowest BCUT2D eigenvalue weighted by molar-refractivity contribution is -0.150. The van der Waals surface area contributed by atoms with Crippen LogP contribution in [-0.4, -0.2) is 78.2 Å². The maximum absolute atomic E-state index is 11.6. The number of amidine groups is 1. The van der Waals surface area contributed by atoms with Gasteiger partial charge in [-0.3, -0.25) is 9.69 Å². The number of oxime groups is 1. The lowest BCUT2D eigenvalue weighted by Gasteiger charge is -2.46. The summed E-state index contributed by atoms with van der Waals surface area (Å²) < 4.78 is 6.24. The Kier molecular flexibility index (Phi) is 6.50. The third kappa shape index (κ3) is 4.89. The van der Waals surface area contributed by atoms with Crippen LogP contribution in [-0.2, 0) is 16.2 Å². The molecule has 1 aromatic carbocycles. The zero-order valence-electron chi connectivity index (χ0n) is 22.5. The van der Waals surface area contributed by atoms with Crippen LogP contribution in [0.3, 0.4) is 0 Å². The quantitative estimate of drug-likeness (QED) is 0.582. The fourth-order valence-corrected chi connectivity index (χ4v) is 6.66. The number of carboxylic acid groups (broad SMARTS) is 1. The van der Waals surface area contributed by atoms with E-state index in [0.717, 1.165) is 63.8 Å². The summed E-state index contributed by atoms with van der Waals surface area (Å²) in [6.45, 7) is 11.0. The first-order chi connectivity index (χ1) is 17.9. The fraction of sp³-hybridized carbons (Fsp3) is 0.724. The summed E-state index contributed by atoms with van der Waals surface area (Å²) in [5.41, 5.74) is 3.36. The third-order valence-corrected chi connectivity index (χ3v) is 9.16. The molecule has 3 saturated heterocycles. The van der Waals surface area contributed by atoms with Gasteiger partial charge in [0.05, 0.1) is 24.1 Å². The van der Waals surface area contributed by atoms with Gasteiger partial charge in [-0.25, -0.2) is 0 Å². The van der Waals surface area contributed by atoms with Gasteiger partial charge in [0, 0.05) is 45.8 Å². The van der Waals surface area contributed by atoms with E-state index < -0.39 is 11.4 Å². The number of nitrogens with zero attached hydrogens (tertiary/aromatic N) is 4. The normalized spacial score (nSPS) is 25.0. The highest BCUT2D eigenvalue weighted by Crippen LogP contribution is 2.49. The number of ether oxygens (including phenoxy) is 1. The summed E-state index contributed by atoms with van der Waals surface area (Å²) in [6.07, 6.45) is 8.58. The molecular weight excluding hydrogens is 468 g/mol. The number of rotatable bonds is 7.